The number of nitrogens with zero attached hydrogens (tertiary/aromatic N) is 5. The molecular formula is C24H25N5OS2. The number of aromatic nitrogens is 3. The second kappa shape index (κ2) is 9.44. The Morgan fingerprint density at radius 1 is 1.09 bits per heavy atom. The Hall–Kier alpha value is -2.68. The van der Waals surface area contributed by atoms with Crippen LogP contribution in [0.5, 0.6) is 0 Å². The van der Waals surface area contributed by atoms with Gasteiger partial charge in [-0.25, -0.2) is 13.5 Å². The van der Waals surface area contributed by atoms with Crippen LogP contribution in [0.15, 0.2) is 54.7 Å². The molecule has 0 spiro atoms. The molecule has 0 saturated carbocycles. The number of rotatable bonds is 5. The van der Waals surface area contributed by atoms with E-state index < -0.39 is 11.0 Å². The van der Waals surface area contributed by atoms with Crippen molar-refractivity contribution in [2.45, 2.75) is 19.8 Å². The van der Waals surface area contributed by atoms with Crippen molar-refractivity contribution in [2.75, 3.05) is 31.1 Å². The molecule has 5 rings (SSSR count). The summed E-state index contributed by atoms with van der Waals surface area (Å²) in [5, 5.41) is 2.82. The van der Waals surface area contributed by atoms with E-state index in [2.05, 4.69) is 57.6 Å². The fraction of sp³-hybridized carbons (Fsp3) is 0.292. The van der Waals surface area contributed by atoms with Crippen molar-refractivity contribution in [3.8, 4) is 0 Å². The summed E-state index contributed by atoms with van der Waals surface area (Å²) in [6, 6.07) is 12.5. The number of hydrogen-bond acceptors (Lipinski definition) is 6. The van der Waals surface area contributed by atoms with Crippen molar-refractivity contribution >= 4 is 38.6 Å². The number of aryl methyl sites for hydroxylation is 1. The Bertz CT molecular complexity index is 1270. The van der Waals surface area contributed by atoms with Crippen molar-refractivity contribution < 1.29 is 4.21 Å². The van der Waals surface area contributed by atoms with Gasteiger partial charge in [0.15, 0.2) is 0 Å². The number of fused-ring (bicyclic) bond motifs is 1. The quantitative estimate of drug-likeness (QED) is 0.580. The number of benzene rings is 1. The first-order valence-corrected chi connectivity index (χ1v) is 12.7. The van der Waals surface area contributed by atoms with E-state index in [1.165, 1.54) is 22.7 Å². The average molecular weight is 464 g/mol. The highest BCUT2D eigenvalue weighted by Gasteiger charge is 2.25. The lowest BCUT2D eigenvalue weighted by Crippen LogP contribution is -2.47. The second-order valence-corrected chi connectivity index (χ2v) is 10.2. The van der Waals surface area contributed by atoms with Crippen molar-refractivity contribution in [1.82, 2.24) is 18.6 Å². The highest BCUT2D eigenvalue weighted by molar-refractivity contribution is 7.92. The maximum atomic E-state index is 13.4. The van der Waals surface area contributed by atoms with Gasteiger partial charge in [0.05, 0.1) is 10.3 Å². The van der Waals surface area contributed by atoms with Gasteiger partial charge in [0.25, 0.3) is 0 Å². The maximum Gasteiger partial charge on any atom is 0.205 e. The molecule has 32 heavy (non-hydrogen) atoms. The molecule has 1 saturated heterocycles. The highest BCUT2D eigenvalue weighted by Crippen LogP contribution is 2.22. The van der Waals surface area contributed by atoms with Gasteiger partial charge < -0.3 is 4.90 Å². The molecule has 164 valence electrons. The van der Waals surface area contributed by atoms with Crippen LogP contribution < -0.4 is 15.5 Å². The van der Waals surface area contributed by atoms with Crippen molar-refractivity contribution in [3.05, 3.63) is 82.3 Å². The number of allylic oxidation sites excluding steroid dienone is 1. The van der Waals surface area contributed by atoms with E-state index >= 15 is 0 Å². The Labute approximate surface area is 194 Å². The Balaban J connectivity index is 1.26. The minimum atomic E-state index is -1.24. The SMILES string of the molecule is Cc1ccc(Cc2nsc(N3CCN(S(=O)C4=c5ncccc5=CCC=C4)CC3)n2)cc1. The van der Waals surface area contributed by atoms with Gasteiger partial charge in [-0.15, -0.1) is 0 Å². The van der Waals surface area contributed by atoms with Gasteiger partial charge in [0, 0.05) is 50.3 Å². The lowest BCUT2D eigenvalue weighted by atomic mass is 10.1. The predicted molar refractivity (Wildman–Crippen MR) is 131 cm³/mol. The van der Waals surface area contributed by atoms with Crippen LogP contribution in [0.3, 0.4) is 0 Å². The molecule has 3 aromatic rings. The van der Waals surface area contributed by atoms with Gasteiger partial charge >= 0.3 is 0 Å². The van der Waals surface area contributed by atoms with E-state index in [4.69, 9.17) is 4.98 Å². The first-order valence-electron chi connectivity index (χ1n) is 10.8. The van der Waals surface area contributed by atoms with E-state index in [0.717, 1.165) is 52.4 Å². The van der Waals surface area contributed by atoms with Crippen LogP contribution >= 0.6 is 11.5 Å². The third-order valence-corrected chi connectivity index (χ3v) is 8.04. The smallest absolute Gasteiger partial charge is 0.205 e. The van der Waals surface area contributed by atoms with E-state index in [1.807, 2.05) is 22.5 Å². The van der Waals surface area contributed by atoms with Crippen molar-refractivity contribution in [3.63, 3.8) is 0 Å². The normalized spacial score (nSPS) is 17.5. The Morgan fingerprint density at radius 3 is 2.72 bits per heavy atom. The molecule has 0 bridgehead atoms. The number of pyridine rings is 1. The summed E-state index contributed by atoms with van der Waals surface area (Å²) in [6.45, 7) is 5.08. The van der Waals surface area contributed by atoms with Gasteiger partial charge in [0.2, 0.25) is 5.13 Å². The predicted octanol–water partition coefficient (Wildman–Crippen LogP) is 2.17. The minimum absolute atomic E-state index is 0.711. The Kier molecular flexibility index (Phi) is 6.25. The molecular weight excluding hydrogens is 438 g/mol. The number of anilines is 1. The maximum absolute atomic E-state index is 13.4. The van der Waals surface area contributed by atoms with E-state index in [-0.39, 0.29) is 0 Å². The molecule has 1 aromatic carbocycles. The topological polar surface area (TPSA) is 62.2 Å². The summed E-state index contributed by atoms with van der Waals surface area (Å²) in [4.78, 5) is 12.3. The van der Waals surface area contributed by atoms with E-state index in [0.29, 0.717) is 13.1 Å². The average Bonchev–Trinajstić information content (AvgIpc) is 3.18. The third kappa shape index (κ3) is 4.57. The summed E-state index contributed by atoms with van der Waals surface area (Å²) in [5.41, 5.74) is 2.48. The largest absolute Gasteiger partial charge is 0.344 e. The van der Waals surface area contributed by atoms with E-state index in [1.54, 1.807) is 6.20 Å². The van der Waals surface area contributed by atoms with Crippen LogP contribution in [-0.4, -0.2) is 49.0 Å². The molecule has 3 heterocycles. The van der Waals surface area contributed by atoms with Crippen LogP contribution in [0.2, 0.25) is 0 Å². The third-order valence-electron chi connectivity index (χ3n) is 5.69. The zero-order valence-corrected chi connectivity index (χ0v) is 19.6. The second-order valence-electron chi connectivity index (χ2n) is 7.97. The zero-order chi connectivity index (χ0) is 21.9. The number of piperazine rings is 1. The van der Waals surface area contributed by atoms with Gasteiger partial charge in [-0.1, -0.05) is 48.0 Å². The number of hydrogen-bond donors (Lipinski definition) is 0. The first kappa shape index (κ1) is 21.2. The van der Waals surface area contributed by atoms with Gasteiger partial charge in [0.1, 0.15) is 16.8 Å². The molecule has 1 aliphatic carbocycles. The molecule has 6 nitrogen and oxygen atoms in total. The molecule has 1 aliphatic heterocycles. The standard InChI is InChI=1S/C24H25N5OS2/c1-18-8-10-19(11-9-18)17-22-26-24(31-27-22)28-13-15-29(16-14-28)32(30)21-7-3-2-5-20-6-4-12-25-23(20)21/h3-12H,2,13-17H2,1H3. The molecule has 1 atom stereocenters. The van der Waals surface area contributed by atoms with Crippen LogP contribution in [0.25, 0.3) is 11.0 Å². The van der Waals surface area contributed by atoms with Gasteiger partial charge in [-0.3, -0.25) is 4.98 Å². The molecule has 1 fully saturated rings. The summed E-state index contributed by atoms with van der Waals surface area (Å²) in [5.74, 6) is 0.859. The van der Waals surface area contributed by atoms with Crippen LogP contribution in [0.4, 0.5) is 5.13 Å². The summed E-state index contributed by atoms with van der Waals surface area (Å²) in [6.07, 6.45) is 9.50. The van der Waals surface area contributed by atoms with Gasteiger partial charge in [-0.2, -0.15) is 4.37 Å². The van der Waals surface area contributed by atoms with Crippen LogP contribution in [0, 0.1) is 6.92 Å². The summed E-state index contributed by atoms with van der Waals surface area (Å²) in [7, 11) is -1.24. The van der Waals surface area contributed by atoms with Crippen LogP contribution in [-0.2, 0) is 17.4 Å². The molecule has 2 aliphatic rings. The lowest BCUT2D eigenvalue weighted by molar-refractivity contribution is 0.414. The minimum Gasteiger partial charge on any atom is -0.344 e. The van der Waals surface area contributed by atoms with Crippen LogP contribution in [0.1, 0.15) is 23.4 Å². The molecule has 0 radical (unpaired) electrons. The fourth-order valence-electron chi connectivity index (χ4n) is 3.90. The molecule has 0 N–H and O–H groups in total. The first-order chi connectivity index (χ1) is 15.7. The fourth-order valence-corrected chi connectivity index (χ4v) is 5.95. The molecule has 0 amide bonds. The molecule has 2 aromatic heterocycles. The highest BCUT2D eigenvalue weighted by atomic mass is 32.2. The molecule has 8 heteroatoms. The van der Waals surface area contributed by atoms with E-state index in [9.17, 15) is 4.21 Å². The monoisotopic (exact) mass is 463 g/mol. The van der Waals surface area contributed by atoms with Gasteiger partial charge in [-0.05, 0) is 36.3 Å². The van der Waals surface area contributed by atoms with Crippen molar-refractivity contribution in [2.24, 2.45) is 0 Å². The summed E-state index contributed by atoms with van der Waals surface area (Å²) < 4.78 is 20.0. The molecule has 1 unspecified atom stereocenters. The summed E-state index contributed by atoms with van der Waals surface area (Å²) >= 11 is 1.45. The zero-order valence-electron chi connectivity index (χ0n) is 18.0. The lowest BCUT2D eigenvalue weighted by Gasteiger charge is -2.33. The Morgan fingerprint density at radius 2 is 1.91 bits per heavy atom. The van der Waals surface area contributed by atoms with Crippen molar-refractivity contribution in [1.29, 1.82) is 0 Å².